The van der Waals surface area contributed by atoms with Crippen LogP contribution in [0.2, 0.25) is 0 Å². The van der Waals surface area contributed by atoms with Crippen molar-refractivity contribution in [2.45, 2.75) is 13.8 Å². The normalized spacial score (nSPS) is 12.0. The lowest BCUT2D eigenvalue weighted by Crippen LogP contribution is -2.47. The fraction of sp³-hybridized carbons (Fsp3) is 1.00. The van der Waals surface area contributed by atoms with Crippen LogP contribution in [0.1, 0.15) is 13.8 Å². The highest BCUT2D eigenvalue weighted by molar-refractivity contribution is 4.09. The van der Waals surface area contributed by atoms with Crippen molar-refractivity contribution in [2.75, 3.05) is 26.7 Å². The fourth-order valence-electron chi connectivity index (χ4n) is 0.836. The first-order valence-corrected chi connectivity index (χ1v) is 3.62. The molecule has 2 N–H and O–H groups in total. The van der Waals surface area contributed by atoms with Crippen molar-refractivity contribution in [3.05, 3.63) is 0 Å². The Kier molecular flexibility index (Phi) is 5.35. The summed E-state index contributed by atoms with van der Waals surface area (Å²) in [5.41, 5.74) is 0. The van der Waals surface area contributed by atoms with Crippen LogP contribution in [-0.2, 0) is 9.68 Å². The predicted molar refractivity (Wildman–Crippen MR) is 37.7 cm³/mol. The average Bonchev–Trinajstić information content (AvgIpc) is 2.04. The lowest BCUT2D eigenvalue weighted by molar-refractivity contribution is -1.25. The molecule has 0 rings (SSSR count). The molecular weight excluding hydrogens is 150 g/mol. The highest BCUT2D eigenvalue weighted by Gasteiger charge is 2.27. The Morgan fingerprint density at radius 3 is 1.55 bits per heavy atom. The van der Waals surface area contributed by atoms with Crippen LogP contribution in [0, 0.1) is 0 Å². The van der Waals surface area contributed by atoms with E-state index in [0.29, 0.717) is 13.1 Å². The van der Waals surface area contributed by atoms with E-state index in [0.717, 1.165) is 0 Å². The molecule has 0 atom stereocenters. The highest BCUT2D eigenvalue weighted by Crippen LogP contribution is 2.07. The Bertz CT molecular complexity index is 86.6. The Morgan fingerprint density at radius 1 is 1.00 bits per heavy atom. The molecule has 0 saturated carbocycles. The van der Waals surface area contributed by atoms with Gasteiger partial charge < -0.3 is 10.2 Å². The zero-order valence-electron chi connectivity index (χ0n) is 6.99. The van der Waals surface area contributed by atoms with Crippen LogP contribution in [0.4, 0.5) is 0 Å². The van der Waals surface area contributed by atoms with Gasteiger partial charge in [-0.3, -0.25) is 0 Å². The SMILES string of the molecule is CC[N+](CC)(OCO)OCO. The summed E-state index contributed by atoms with van der Waals surface area (Å²) in [6.45, 7) is 3.93. The standard InChI is InChI=1S/C6H16NO4/c1-3-7(4-2,10-5-8)11-6-9/h8-9H,3-6H2,1-2H3/q+1. The zero-order chi connectivity index (χ0) is 8.74. The van der Waals surface area contributed by atoms with Crippen LogP contribution in [0.5, 0.6) is 0 Å². The zero-order valence-corrected chi connectivity index (χ0v) is 6.99. The second-order valence-electron chi connectivity index (χ2n) is 1.96. The maximum atomic E-state index is 8.49. The van der Waals surface area contributed by atoms with Gasteiger partial charge in [0.15, 0.2) is 0 Å². The number of nitrogens with zero attached hydrogens (tertiary/aromatic N) is 1. The summed E-state index contributed by atoms with van der Waals surface area (Å²) in [5.74, 6) is 0. The summed E-state index contributed by atoms with van der Waals surface area (Å²) in [5, 5.41) is 17.0. The van der Waals surface area contributed by atoms with Gasteiger partial charge in [0.05, 0.1) is 0 Å². The smallest absolute Gasteiger partial charge is 0.206 e. The molecule has 0 aromatic rings. The molecule has 0 fully saturated rings. The molecule has 0 aliphatic heterocycles. The van der Waals surface area contributed by atoms with Gasteiger partial charge in [0.25, 0.3) is 0 Å². The number of rotatable bonds is 6. The quantitative estimate of drug-likeness (QED) is 0.320. The first-order chi connectivity index (χ1) is 5.24. The Balaban J connectivity index is 3.96. The fourth-order valence-corrected chi connectivity index (χ4v) is 0.836. The summed E-state index contributed by atoms with van der Waals surface area (Å²) in [6.07, 6.45) is 0. The van der Waals surface area contributed by atoms with Crippen LogP contribution in [0.15, 0.2) is 0 Å². The Morgan fingerprint density at radius 2 is 1.36 bits per heavy atom. The number of hydrogen-bond acceptors (Lipinski definition) is 4. The van der Waals surface area contributed by atoms with Gasteiger partial charge in [-0.2, -0.15) is 0 Å². The van der Waals surface area contributed by atoms with E-state index in [1.807, 2.05) is 13.8 Å². The number of aliphatic hydroxyl groups is 2. The lowest BCUT2D eigenvalue weighted by atomic mass is 10.6. The molecule has 0 radical (unpaired) electrons. The average molecular weight is 166 g/mol. The van der Waals surface area contributed by atoms with E-state index < -0.39 is 13.6 Å². The van der Waals surface area contributed by atoms with E-state index in [1.165, 1.54) is 0 Å². The summed E-state index contributed by atoms with van der Waals surface area (Å²) in [4.78, 5) is 9.58. The monoisotopic (exact) mass is 166 g/mol. The molecule has 0 bridgehead atoms. The molecule has 68 valence electrons. The molecule has 5 heteroatoms. The second kappa shape index (κ2) is 5.45. The minimum Gasteiger partial charge on any atom is -0.366 e. The molecular formula is C6H16NO4+. The van der Waals surface area contributed by atoms with Gasteiger partial charge in [-0.15, -0.1) is 9.68 Å². The summed E-state index contributed by atoms with van der Waals surface area (Å²) < 4.78 is 0. The van der Waals surface area contributed by atoms with Crippen LogP contribution in [0.3, 0.4) is 0 Å². The topological polar surface area (TPSA) is 58.9 Å². The molecule has 0 saturated heterocycles. The number of hydrogen-bond donors (Lipinski definition) is 2. The van der Waals surface area contributed by atoms with Crippen molar-refractivity contribution in [1.82, 2.24) is 0 Å². The van der Waals surface area contributed by atoms with Crippen LogP contribution < -0.4 is 0 Å². The van der Waals surface area contributed by atoms with Crippen LogP contribution in [-0.4, -0.2) is 41.7 Å². The van der Waals surface area contributed by atoms with Crippen LogP contribution >= 0.6 is 0 Å². The third-order valence-corrected chi connectivity index (χ3v) is 1.55. The van der Waals surface area contributed by atoms with Gasteiger partial charge in [0.1, 0.15) is 13.1 Å². The summed E-state index contributed by atoms with van der Waals surface area (Å²) >= 11 is 0. The van der Waals surface area contributed by atoms with Gasteiger partial charge in [-0.05, 0) is 18.7 Å². The van der Waals surface area contributed by atoms with Crippen LogP contribution in [0.25, 0.3) is 0 Å². The first-order valence-electron chi connectivity index (χ1n) is 3.62. The third kappa shape index (κ3) is 3.13. The number of hydroxylamine groups is 4. The van der Waals surface area contributed by atoms with Crippen molar-refractivity contribution in [1.29, 1.82) is 0 Å². The molecule has 0 aliphatic rings. The molecule has 0 aromatic carbocycles. The van der Waals surface area contributed by atoms with Crippen molar-refractivity contribution >= 4 is 0 Å². The van der Waals surface area contributed by atoms with E-state index >= 15 is 0 Å². The maximum Gasteiger partial charge on any atom is 0.206 e. The lowest BCUT2D eigenvalue weighted by Gasteiger charge is -2.28. The molecule has 5 nitrogen and oxygen atoms in total. The Labute approximate surface area is 66.3 Å². The molecule has 0 aliphatic carbocycles. The number of quaternary nitrogens is 1. The minimum atomic E-state index is -0.415. The van der Waals surface area contributed by atoms with E-state index in [9.17, 15) is 0 Å². The van der Waals surface area contributed by atoms with E-state index in [-0.39, 0.29) is 4.81 Å². The molecule has 11 heavy (non-hydrogen) atoms. The van der Waals surface area contributed by atoms with E-state index in [2.05, 4.69) is 0 Å². The molecule has 0 unspecified atom stereocenters. The highest BCUT2D eigenvalue weighted by atomic mass is 17.0. The Hall–Kier alpha value is -0.200. The molecule has 0 heterocycles. The number of aliphatic hydroxyl groups excluding tert-OH is 2. The maximum absolute atomic E-state index is 8.49. The van der Waals surface area contributed by atoms with Gasteiger partial charge in [-0.25, -0.2) is 0 Å². The van der Waals surface area contributed by atoms with Gasteiger partial charge in [0, 0.05) is 0 Å². The summed E-state index contributed by atoms with van der Waals surface area (Å²) in [7, 11) is 0. The molecule has 0 amide bonds. The van der Waals surface area contributed by atoms with E-state index in [4.69, 9.17) is 19.9 Å². The predicted octanol–water partition coefficient (Wildman–Crippen LogP) is -0.394. The summed E-state index contributed by atoms with van der Waals surface area (Å²) in [6, 6.07) is 0. The van der Waals surface area contributed by atoms with E-state index in [1.54, 1.807) is 0 Å². The van der Waals surface area contributed by atoms with Crippen molar-refractivity contribution in [3.8, 4) is 0 Å². The van der Waals surface area contributed by atoms with Crippen molar-refractivity contribution in [2.24, 2.45) is 0 Å². The van der Waals surface area contributed by atoms with Crippen molar-refractivity contribution in [3.63, 3.8) is 0 Å². The van der Waals surface area contributed by atoms with Gasteiger partial charge in [-0.1, -0.05) is 0 Å². The van der Waals surface area contributed by atoms with Gasteiger partial charge >= 0.3 is 0 Å². The molecule has 0 spiro atoms. The van der Waals surface area contributed by atoms with Crippen molar-refractivity contribution < 1.29 is 24.7 Å². The van der Waals surface area contributed by atoms with Gasteiger partial charge in [0.2, 0.25) is 13.6 Å². The first kappa shape index (κ1) is 10.8. The second-order valence-corrected chi connectivity index (χ2v) is 1.96. The third-order valence-electron chi connectivity index (χ3n) is 1.55. The minimum absolute atomic E-state index is 0.174. The largest absolute Gasteiger partial charge is 0.366 e. The molecule has 0 aromatic heterocycles.